The minimum atomic E-state index is -4.67. The predicted octanol–water partition coefficient (Wildman–Crippen LogP) is -1.57. The second-order valence-corrected chi connectivity index (χ2v) is 45.3. The molecule has 8 saturated carbocycles. The highest BCUT2D eigenvalue weighted by molar-refractivity contribution is 7.79. The van der Waals surface area contributed by atoms with Gasteiger partial charge in [0, 0.05) is 60.7 Å². The Bertz CT molecular complexity index is 4290. The van der Waals surface area contributed by atoms with Crippen molar-refractivity contribution >= 4 is 22.3 Å². The van der Waals surface area contributed by atoms with Gasteiger partial charge in [-0.15, -0.1) is 0 Å². The zero-order chi connectivity index (χ0) is 95.5. The van der Waals surface area contributed by atoms with E-state index in [4.69, 9.17) is 74.4 Å². The molecule has 17 rings (SSSR count). The summed E-state index contributed by atoms with van der Waals surface area (Å²) < 4.78 is 104. The molecule has 9 aliphatic carbocycles. The molecular weight excluding hydrogens is 1740 g/mol. The third kappa shape index (κ3) is 15.7. The highest BCUT2D eigenvalue weighted by Gasteiger charge is 2.89. The van der Waals surface area contributed by atoms with Crippen molar-refractivity contribution in [3.05, 3.63) is 23.3 Å². The van der Waals surface area contributed by atoms with Crippen LogP contribution in [0.15, 0.2) is 23.3 Å². The molecule has 8 heterocycles. The minimum Gasteiger partial charge on any atom is -0.453 e. The van der Waals surface area contributed by atoms with Crippen LogP contribution >= 0.6 is 0 Å². The first-order valence-electron chi connectivity index (χ1n) is 46.7. The summed E-state index contributed by atoms with van der Waals surface area (Å²) in [5.41, 5.74) is -11.2. The second kappa shape index (κ2) is 35.1. The van der Waals surface area contributed by atoms with Gasteiger partial charge in [-0.2, -0.15) is 8.42 Å². The molecule has 4 bridgehead atoms. The topological polar surface area (TPSA) is 627 Å². The normalized spacial score (nSPS) is 55.1. The highest BCUT2D eigenvalue weighted by atomic mass is 32.3. The van der Waals surface area contributed by atoms with E-state index in [1.165, 1.54) is 6.92 Å². The van der Waals surface area contributed by atoms with Crippen LogP contribution in [0.1, 0.15) is 206 Å². The summed E-state index contributed by atoms with van der Waals surface area (Å²) in [5, 5.41) is 226. The molecule has 744 valence electrons. The number of aliphatic hydroxyl groups is 20. The van der Waals surface area contributed by atoms with Crippen molar-refractivity contribution in [2.24, 2.45) is 79.3 Å². The van der Waals surface area contributed by atoms with E-state index >= 15 is 4.79 Å². The Morgan fingerprint density at radius 2 is 1.08 bits per heavy atom. The lowest BCUT2D eigenvalue weighted by Gasteiger charge is -2.71. The quantitative estimate of drug-likeness (QED) is 0.0326. The fourth-order valence-electron chi connectivity index (χ4n) is 29.3. The van der Waals surface area contributed by atoms with Crippen LogP contribution in [-0.2, 0) is 76.8 Å². The highest BCUT2D eigenvalue weighted by Crippen LogP contribution is 2.80. The van der Waals surface area contributed by atoms with E-state index in [9.17, 15) is 107 Å². The molecule has 0 aromatic rings. The number of hydrogen-bond donors (Lipinski definition) is 22. The number of ether oxygens (including phenoxy) is 12. The van der Waals surface area contributed by atoms with Gasteiger partial charge in [-0.05, 0) is 182 Å². The van der Waals surface area contributed by atoms with Gasteiger partial charge in [0.1, 0.15) is 119 Å². The Hall–Kier alpha value is -2.95. The molecule has 8 saturated heterocycles. The number of carbonyl (C=O) groups is 2. The van der Waals surface area contributed by atoms with E-state index in [1.54, 1.807) is 33.8 Å². The van der Waals surface area contributed by atoms with Gasteiger partial charge in [0.05, 0.1) is 55.9 Å². The minimum absolute atomic E-state index is 0.0606. The van der Waals surface area contributed by atoms with Gasteiger partial charge >= 0.3 is 22.3 Å². The Labute approximate surface area is 757 Å². The van der Waals surface area contributed by atoms with Crippen LogP contribution in [0.4, 0.5) is 0 Å². The third-order valence-electron chi connectivity index (χ3n) is 36.7. The first kappa shape index (κ1) is 101. The Morgan fingerprint density at radius 1 is 0.531 bits per heavy atom. The van der Waals surface area contributed by atoms with Gasteiger partial charge in [0.15, 0.2) is 37.4 Å². The van der Waals surface area contributed by atoms with Crippen molar-refractivity contribution in [1.82, 2.24) is 4.90 Å². The largest absolute Gasteiger partial charge is 0.453 e. The van der Waals surface area contributed by atoms with Crippen LogP contribution in [-0.4, -0.2) is 375 Å². The fraction of sp³-hybridized carbons (Fsp3) is 0.933. The van der Waals surface area contributed by atoms with Gasteiger partial charge in [-0.3, -0.25) is 18.8 Å². The summed E-state index contributed by atoms with van der Waals surface area (Å²) in [6.45, 7) is 27.3. The lowest BCUT2D eigenvalue weighted by atomic mass is 9.33. The number of esters is 2. The van der Waals surface area contributed by atoms with E-state index in [-0.39, 0.29) is 73.0 Å². The van der Waals surface area contributed by atoms with Crippen molar-refractivity contribution in [2.75, 3.05) is 32.9 Å². The molecule has 46 unspecified atom stereocenters. The average molecular weight is 1880 g/mol. The molecule has 130 heavy (non-hydrogen) atoms. The van der Waals surface area contributed by atoms with Crippen LogP contribution in [0.2, 0.25) is 0 Å². The molecule has 40 heteroatoms. The lowest BCUT2D eigenvalue weighted by molar-refractivity contribution is -0.374. The van der Waals surface area contributed by atoms with Crippen LogP contribution in [0.5, 0.6) is 0 Å². The molecule has 0 aromatic heterocycles. The van der Waals surface area contributed by atoms with Crippen molar-refractivity contribution < 1.29 is 186 Å². The summed E-state index contributed by atoms with van der Waals surface area (Å²) in [5.74, 6) is -5.05. The lowest BCUT2D eigenvalue weighted by Crippen LogP contribution is -2.85. The number of rotatable bonds is 13. The maximum absolute atomic E-state index is 15.4. The standard InChI is InChI=1S/C58H94O25.C32H49NO9.H2O4S/c1-23-44(80-47-40(69)34(63)27(60)21-74-47)38(67)42(71)48(76-23)79-33-13-14-55(7)30(54(33,5)6)12-15-56(8)31(55)11-10-25-26-18-53(3,4)16-17-58(26,32(62)19-57(25,56)9)52(73)83-51-46(35(64)28(61)22-75-51)82-49-43(72)39(68)45(24(2)77-49)81-50-41(70)37(66)36(65)29(20-59)78-50;1-6-18(3)25(35)41-24-11-12-26(4)19-8-9-20-28(37)13-23(34)31(39)21(29(28,38)16-30(20,26)42-32(19,24)40)15-33-14-17(2)7-10-22(33)27(31,5)36;1-5(2,3)4/h10,23-24,26-51,59-72H,11-22H2,1-9H3;6,17,19-24,34,36-40H,7-16H2,1-5H3;(H2,1,2,3,4). The summed E-state index contributed by atoms with van der Waals surface area (Å²) >= 11 is 0. The van der Waals surface area contributed by atoms with Gasteiger partial charge in [-0.1, -0.05) is 80.0 Å². The van der Waals surface area contributed by atoms with E-state index < -0.39 is 280 Å². The first-order chi connectivity index (χ1) is 60.2. The molecule has 0 amide bonds. The van der Waals surface area contributed by atoms with Gasteiger partial charge in [0.2, 0.25) is 12.1 Å². The number of aliphatic hydroxyl groups excluding tert-OH is 15. The number of hydrogen-bond acceptors (Lipinski definition) is 37. The molecule has 46 atom stereocenters. The van der Waals surface area contributed by atoms with Crippen molar-refractivity contribution in [2.45, 2.75) is 412 Å². The number of carbonyl (C=O) groups excluding carboxylic acids is 2. The van der Waals surface area contributed by atoms with E-state index in [0.29, 0.717) is 75.8 Å². The number of fused-ring (bicyclic) bond motifs is 12. The van der Waals surface area contributed by atoms with E-state index in [0.717, 1.165) is 31.3 Å². The summed E-state index contributed by atoms with van der Waals surface area (Å²) in [4.78, 5) is 30.3. The Balaban J connectivity index is 0.000000228. The molecular formula is C90H145NO38S. The van der Waals surface area contributed by atoms with Gasteiger partial charge < -0.3 is 159 Å². The third-order valence-corrected chi connectivity index (χ3v) is 36.7. The molecule has 39 nitrogen and oxygen atoms in total. The second-order valence-electron chi connectivity index (χ2n) is 44.4. The molecule has 0 radical (unpaired) electrons. The zero-order valence-electron chi connectivity index (χ0n) is 76.6. The predicted molar refractivity (Wildman–Crippen MR) is 446 cm³/mol. The molecule has 0 aromatic carbocycles. The average Bonchev–Trinajstić information content (AvgIpc) is 1.45. The van der Waals surface area contributed by atoms with E-state index in [1.807, 2.05) is 6.92 Å². The molecule has 22 N–H and O–H groups in total. The summed E-state index contributed by atoms with van der Waals surface area (Å²) in [7, 11) is -4.67. The van der Waals surface area contributed by atoms with Crippen molar-refractivity contribution in [3.63, 3.8) is 0 Å². The first-order valence-corrected chi connectivity index (χ1v) is 48.1. The number of allylic oxidation sites excluding steroid dienone is 3. The molecule has 1 spiro atoms. The summed E-state index contributed by atoms with van der Waals surface area (Å²) in [6.07, 6.45) is -26.9. The monoisotopic (exact) mass is 1880 g/mol. The van der Waals surface area contributed by atoms with Crippen LogP contribution < -0.4 is 0 Å². The Kier molecular flexibility index (Phi) is 27.4. The molecule has 8 aliphatic heterocycles. The van der Waals surface area contributed by atoms with E-state index in [2.05, 4.69) is 66.4 Å². The number of nitrogens with zero attached hydrogens (tertiary/aromatic N) is 1. The van der Waals surface area contributed by atoms with Gasteiger partial charge in [-0.25, -0.2) is 4.79 Å². The van der Waals surface area contributed by atoms with Crippen molar-refractivity contribution in [1.29, 1.82) is 0 Å². The summed E-state index contributed by atoms with van der Waals surface area (Å²) in [6, 6.07) is -0.387. The SMILES string of the molecule is CC1OC(OC2CCC3(C)C(CCC4(C)C3CC=C3C5CC(C)(C)CCC5(C(=O)OC5OCC(O)C(O)C5OC5OC(C)C(OC6OC(CO)C(O)C(O)C6O)C(O)C5O)C(O)CC34C)C2(C)C)C(O)C(O)C1OC1OCC(O)C(O)C1O.CC=C(C)C(=O)OC1CCC2(C)C3CCC4C5(O)CC(O)C6(O)C(CN7CC(C)CCC7C6(C)O)C5(O)CC42OC13O.O=S(=O)(O)O. The smallest absolute Gasteiger partial charge is 0.394 e. The van der Waals surface area contributed by atoms with Gasteiger partial charge in [0.25, 0.3) is 0 Å². The van der Waals surface area contributed by atoms with Crippen LogP contribution in [0.3, 0.4) is 0 Å². The maximum atomic E-state index is 15.4. The maximum Gasteiger partial charge on any atom is 0.394 e. The van der Waals surface area contributed by atoms with Crippen LogP contribution in [0.25, 0.3) is 0 Å². The molecule has 16 fully saturated rings. The van der Waals surface area contributed by atoms with Crippen LogP contribution in [0, 0.1) is 79.3 Å². The van der Waals surface area contributed by atoms with Crippen molar-refractivity contribution in [3.8, 4) is 0 Å². The Morgan fingerprint density at radius 3 is 1.71 bits per heavy atom. The fourth-order valence-corrected chi connectivity index (χ4v) is 29.3. The number of piperidine rings is 2. The zero-order valence-corrected chi connectivity index (χ0v) is 77.5. The molecule has 17 aliphatic rings.